The lowest BCUT2D eigenvalue weighted by molar-refractivity contribution is -0.161. The molecule has 3 N–H and O–H groups in total. The molecule has 0 saturated carbocycles. The van der Waals surface area contributed by atoms with Crippen LogP contribution in [0.15, 0.2) is 12.2 Å². The molecule has 0 aliphatic rings. The van der Waals surface area contributed by atoms with Crippen molar-refractivity contribution in [2.24, 2.45) is 5.73 Å². The topological polar surface area (TPSA) is 134 Å². The summed E-state index contributed by atoms with van der Waals surface area (Å²) in [6.07, 6.45) is 29.6. The molecule has 2 atom stereocenters. The second-order valence-electron chi connectivity index (χ2n) is 12.1. The average Bonchev–Trinajstić information content (AvgIpc) is 3.02. The summed E-state index contributed by atoms with van der Waals surface area (Å²) in [5.41, 5.74) is 5.32. The van der Waals surface area contributed by atoms with Gasteiger partial charge in [-0.05, 0) is 38.5 Å². The Bertz CT molecular complexity index is 764. The molecule has 0 saturated heterocycles. The summed E-state index contributed by atoms with van der Waals surface area (Å²) in [7, 11) is -4.36. The molecule has 0 radical (unpaired) electrons. The van der Waals surface area contributed by atoms with Crippen LogP contribution in [0.1, 0.15) is 168 Å². The number of rotatable bonds is 34. The smallest absolute Gasteiger partial charge is 0.462 e. The van der Waals surface area contributed by atoms with Crippen molar-refractivity contribution in [3.8, 4) is 0 Å². The van der Waals surface area contributed by atoms with Gasteiger partial charge in [0.15, 0.2) is 6.10 Å². The summed E-state index contributed by atoms with van der Waals surface area (Å²) >= 11 is 0. The molecule has 0 aliphatic carbocycles. The van der Waals surface area contributed by atoms with E-state index < -0.39 is 26.5 Å². The van der Waals surface area contributed by atoms with Crippen LogP contribution in [0.4, 0.5) is 0 Å². The normalized spacial score (nSPS) is 13.6. The highest BCUT2D eigenvalue weighted by Gasteiger charge is 2.25. The van der Waals surface area contributed by atoms with Crippen LogP contribution in [0, 0.1) is 0 Å². The van der Waals surface area contributed by atoms with E-state index in [-0.39, 0.29) is 38.6 Å². The van der Waals surface area contributed by atoms with Crippen molar-refractivity contribution in [1.29, 1.82) is 0 Å². The standard InChI is InChI=1S/C35H68NO8P/c1-3-5-7-9-11-13-15-16-17-18-20-22-24-26-28-35(38)44-33(32-43-45(39,40)42-30-29-36)31-41-34(37)27-25-23-21-19-14-12-10-8-6-4-2/h17-18,33H,3-16,19-32,36H2,1-2H3,(H,39,40)/b18-17-. The molecular formula is C35H68NO8P. The zero-order valence-electron chi connectivity index (χ0n) is 28.9. The third-order valence-electron chi connectivity index (χ3n) is 7.65. The molecule has 0 aliphatic heterocycles. The third kappa shape index (κ3) is 32.5. The van der Waals surface area contributed by atoms with Gasteiger partial charge in [-0.3, -0.25) is 18.6 Å². The first-order valence-corrected chi connectivity index (χ1v) is 19.7. The van der Waals surface area contributed by atoms with Crippen LogP contribution in [-0.2, 0) is 32.7 Å². The van der Waals surface area contributed by atoms with Crippen molar-refractivity contribution in [3.05, 3.63) is 12.2 Å². The fourth-order valence-corrected chi connectivity index (χ4v) is 5.69. The maximum absolute atomic E-state index is 12.5. The highest BCUT2D eigenvalue weighted by Crippen LogP contribution is 2.43. The van der Waals surface area contributed by atoms with Gasteiger partial charge in [0.25, 0.3) is 0 Å². The van der Waals surface area contributed by atoms with Crippen LogP contribution < -0.4 is 5.73 Å². The van der Waals surface area contributed by atoms with Crippen molar-refractivity contribution >= 4 is 19.8 Å². The minimum atomic E-state index is -4.36. The second kappa shape index (κ2) is 32.7. The maximum Gasteiger partial charge on any atom is 0.472 e. The van der Waals surface area contributed by atoms with Gasteiger partial charge in [-0.1, -0.05) is 129 Å². The monoisotopic (exact) mass is 661 g/mol. The highest BCUT2D eigenvalue weighted by atomic mass is 31.2. The Morgan fingerprint density at radius 3 is 1.60 bits per heavy atom. The Labute approximate surface area is 275 Å². The van der Waals surface area contributed by atoms with Crippen molar-refractivity contribution in [1.82, 2.24) is 0 Å². The first kappa shape index (κ1) is 43.8. The minimum absolute atomic E-state index is 0.0535. The van der Waals surface area contributed by atoms with E-state index in [0.717, 1.165) is 44.9 Å². The van der Waals surface area contributed by atoms with Gasteiger partial charge in [0.05, 0.1) is 13.2 Å². The third-order valence-corrected chi connectivity index (χ3v) is 8.64. The van der Waals surface area contributed by atoms with Gasteiger partial charge < -0.3 is 20.1 Å². The predicted molar refractivity (Wildman–Crippen MR) is 183 cm³/mol. The molecule has 0 spiro atoms. The van der Waals surface area contributed by atoms with Gasteiger partial charge in [0, 0.05) is 19.4 Å². The number of carbonyl (C=O) groups is 2. The fourth-order valence-electron chi connectivity index (χ4n) is 4.92. The number of esters is 2. The summed E-state index contributed by atoms with van der Waals surface area (Å²) in [6, 6.07) is 0. The molecular weight excluding hydrogens is 593 g/mol. The zero-order valence-corrected chi connectivity index (χ0v) is 29.8. The number of nitrogens with two attached hydrogens (primary N) is 1. The van der Waals surface area contributed by atoms with E-state index in [1.165, 1.54) is 89.9 Å². The number of hydrogen-bond acceptors (Lipinski definition) is 8. The molecule has 2 unspecified atom stereocenters. The Hall–Kier alpha value is -1.25. The Morgan fingerprint density at radius 2 is 1.09 bits per heavy atom. The second-order valence-corrected chi connectivity index (χ2v) is 13.5. The summed E-state index contributed by atoms with van der Waals surface area (Å²) in [4.78, 5) is 34.6. The van der Waals surface area contributed by atoms with Gasteiger partial charge in [-0.15, -0.1) is 0 Å². The predicted octanol–water partition coefficient (Wildman–Crippen LogP) is 9.49. The molecule has 0 bridgehead atoms. The maximum atomic E-state index is 12.5. The van der Waals surface area contributed by atoms with E-state index in [4.69, 9.17) is 24.3 Å². The average molecular weight is 662 g/mol. The van der Waals surface area contributed by atoms with Gasteiger partial charge in [-0.25, -0.2) is 4.57 Å². The van der Waals surface area contributed by atoms with E-state index in [1.54, 1.807) is 0 Å². The van der Waals surface area contributed by atoms with Crippen LogP contribution in [-0.4, -0.2) is 49.3 Å². The van der Waals surface area contributed by atoms with Crippen LogP contribution in [0.5, 0.6) is 0 Å². The molecule has 0 heterocycles. The molecule has 9 nitrogen and oxygen atoms in total. The zero-order chi connectivity index (χ0) is 33.3. The van der Waals surface area contributed by atoms with Crippen molar-refractivity contribution in [2.45, 2.75) is 174 Å². The van der Waals surface area contributed by atoms with Gasteiger partial charge in [0.1, 0.15) is 6.61 Å². The summed E-state index contributed by atoms with van der Waals surface area (Å²) in [6.45, 7) is 3.69. The molecule has 0 aromatic carbocycles. The van der Waals surface area contributed by atoms with Crippen LogP contribution in [0.25, 0.3) is 0 Å². The fraction of sp³-hybridized carbons (Fsp3) is 0.886. The van der Waals surface area contributed by atoms with E-state index in [2.05, 4.69) is 26.0 Å². The summed E-state index contributed by atoms with van der Waals surface area (Å²) in [5, 5.41) is 0. The number of allylic oxidation sites excluding steroid dienone is 2. The lowest BCUT2D eigenvalue weighted by Crippen LogP contribution is -2.29. The number of hydrogen-bond donors (Lipinski definition) is 2. The Kier molecular flexibility index (Phi) is 31.8. The van der Waals surface area contributed by atoms with Crippen LogP contribution in [0.2, 0.25) is 0 Å². The number of phosphoric acid groups is 1. The minimum Gasteiger partial charge on any atom is -0.462 e. The summed E-state index contributed by atoms with van der Waals surface area (Å²) in [5.74, 6) is -0.846. The molecule has 45 heavy (non-hydrogen) atoms. The molecule has 0 aromatic rings. The quantitative estimate of drug-likeness (QED) is 0.0299. The molecule has 0 fully saturated rings. The van der Waals surface area contributed by atoms with Crippen LogP contribution in [0.3, 0.4) is 0 Å². The van der Waals surface area contributed by atoms with E-state index in [9.17, 15) is 19.0 Å². The van der Waals surface area contributed by atoms with Crippen LogP contribution >= 0.6 is 7.82 Å². The van der Waals surface area contributed by atoms with E-state index >= 15 is 0 Å². The first-order valence-electron chi connectivity index (χ1n) is 18.2. The van der Waals surface area contributed by atoms with E-state index in [0.29, 0.717) is 6.42 Å². The number of carbonyl (C=O) groups excluding carboxylic acids is 2. The van der Waals surface area contributed by atoms with E-state index in [1.807, 2.05) is 0 Å². The molecule has 0 amide bonds. The van der Waals surface area contributed by atoms with Crippen molar-refractivity contribution in [3.63, 3.8) is 0 Å². The van der Waals surface area contributed by atoms with Crippen molar-refractivity contribution in [2.75, 3.05) is 26.4 Å². The lowest BCUT2D eigenvalue weighted by atomic mass is 10.1. The highest BCUT2D eigenvalue weighted by molar-refractivity contribution is 7.47. The summed E-state index contributed by atoms with van der Waals surface area (Å²) < 4.78 is 32.5. The SMILES string of the molecule is CCCCCCCCC/C=C\CCCCCC(=O)OC(COC(=O)CCCCCCCCCCCC)COP(=O)(O)OCCN. The molecule has 0 aromatic heterocycles. The first-order chi connectivity index (χ1) is 21.8. The lowest BCUT2D eigenvalue weighted by Gasteiger charge is -2.19. The number of phosphoric ester groups is 1. The number of unbranched alkanes of at least 4 members (excludes halogenated alkanes) is 19. The number of ether oxygens (including phenoxy) is 2. The van der Waals surface area contributed by atoms with Crippen molar-refractivity contribution < 1.29 is 37.6 Å². The largest absolute Gasteiger partial charge is 0.472 e. The molecule has 0 rings (SSSR count). The van der Waals surface area contributed by atoms with Gasteiger partial charge >= 0.3 is 19.8 Å². The molecule has 266 valence electrons. The van der Waals surface area contributed by atoms with Gasteiger partial charge in [0.2, 0.25) is 0 Å². The van der Waals surface area contributed by atoms with Gasteiger partial charge in [-0.2, -0.15) is 0 Å². The Balaban J connectivity index is 4.27. The Morgan fingerprint density at radius 1 is 0.644 bits per heavy atom. The molecule has 10 heteroatoms.